The van der Waals surface area contributed by atoms with E-state index in [-0.39, 0.29) is 5.91 Å². The summed E-state index contributed by atoms with van der Waals surface area (Å²) in [5.74, 6) is 0.150. The third kappa shape index (κ3) is 17.5. The molecule has 27 heavy (non-hydrogen) atoms. The molecule has 4 heteroatoms. The molecule has 0 bridgehead atoms. The van der Waals surface area contributed by atoms with Crippen LogP contribution in [0.15, 0.2) is 49.6 Å². The predicted octanol–water partition coefficient (Wildman–Crippen LogP) is 4.67. The molecule has 0 aromatic rings. The van der Waals surface area contributed by atoms with E-state index in [1.807, 2.05) is 39.5 Å². The smallest absolute Gasteiger partial charge is 0.236 e. The maximum absolute atomic E-state index is 11.9. The molecule has 0 unspecified atom stereocenters. The Hall–Kier alpha value is -1.65. The molecule has 0 aliphatic rings. The highest BCUT2D eigenvalue weighted by molar-refractivity contribution is 5.78. The summed E-state index contributed by atoms with van der Waals surface area (Å²) in [6.07, 6.45) is 5.43. The van der Waals surface area contributed by atoms with Crippen LogP contribution in [-0.2, 0) is 4.79 Å². The molecule has 0 aromatic heterocycles. The van der Waals surface area contributed by atoms with Crippen molar-refractivity contribution in [2.45, 2.75) is 47.5 Å². The molecule has 0 atom stereocenters. The van der Waals surface area contributed by atoms with Crippen molar-refractivity contribution in [1.82, 2.24) is 15.1 Å². The van der Waals surface area contributed by atoms with Gasteiger partial charge in [-0.05, 0) is 32.4 Å². The summed E-state index contributed by atoms with van der Waals surface area (Å²) in [5, 5.41) is 2.91. The first-order valence-corrected chi connectivity index (χ1v) is 10.2. The van der Waals surface area contributed by atoms with Crippen LogP contribution in [0, 0.1) is 0 Å². The van der Waals surface area contributed by atoms with Crippen molar-refractivity contribution in [1.29, 1.82) is 0 Å². The van der Waals surface area contributed by atoms with Crippen LogP contribution in [0.4, 0.5) is 0 Å². The van der Waals surface area contributed by atoms with E-state index >= 15 is 0 Å². The molecular weight excluding hydrogens is 334 g/mol. The van der Waals surface area contributed by atoms with E-state index in [1.54, 1.807) is 19.2 Å². The summed E-state index contributed by atoms with van der Waals surface area (Å²) in [6, 6.07) is 0. The number of hydrogen-bond acceptors (Lipinski definition) is 3. The SMILES string of the molecule is C=CC(=C)CCN(CCCN(CC)C(=O)CNC)CC(=C)C=C.CC.CC. The first-order valence-electron chi connectivity index (χ1n) is 10.2. The number of carbonyl (C=O) groups excluding carboxylic acids is 1. The van der Waals surface area contributed by atoms with Crippen LogP contribution in [0.1, 0.15) is 47.5 Å². The topological polar surface area (TPSA) is 35.6 Å². The minimum atomic E-state index is 0.150. The highest BCUT2D eigenvalue weighted by atomic mass is 16.2. The number of nitrogens with one attached hydrogen (secondary N) is 1. The van der Waals surface area contributed by atoms with Gasteiger partial charge in [-0.2, -0.15) is 0 Å². The van der Waals surface area contributed by atoms with Crippen molar-refractivity contribution in [3.63, 3.8) is 0 Å². The van der Waals surface area contributed by atoms with Crippen molar-refractivity contribution < 1.29 is 4.79 Å². The van der Waals surface area contributed by atoms with Crippen LogP contribution >= 0.6 is 0 Å². The van der Waals surface area contributed by atoms with E-state index in [0.717, 1.165) is 56.7 Å². The Balaban J connectivity index is -0.00000134. The minimum absolute atomic E-state index is 0.150. The molecule has 0 saturated carbocycles. The first-order chi connectivity index (χ1) is 13.0. The number of amides is 1. The van der Waals surface area contributed by atoms with E-state index in [2.05, 4.69) is 36.5 Å². The molecule has 0 rings (SSSR count). The second kappa shape index (κ2) is 22.4. The highest BCUT2D eigenvalue weighted by Crippen LogP contribution is 2.06. The summed E-state index contributed by atoms with van der Waals surface area (Å²) >= 11 is 0. The Morgan fingerprint density at radius 2 is 1.52 bits per heavy atom. The second-order valence-corrected chi connectivity index (χ2v) is 5.61. The zero-order valence-corrected chi connectivity index (χ0v) is 18.9. The van der Waals surface area contributed by atoms with Gasteiger partial charge >= 0.3 is 0 Å². The summed E-state index contributed by atoms with van der Waals surface area (Å²) in [4.78, 5) is 16.1. The van der Waals surface area contributed by atoms with Crippen molar-refractivity contribution in [3.05, 3.63) is 49.6 Å². The maximum atomic E-state index is 11.9. The summed E-state index contributed by atoms with van der Waals surface area (Å²) in [5.41, 5.74) is 2.05. The summed E-state index contributed by atoms with van der Waals surface area (Å²) in [6.45, 7) is 30.0. The number of carbonyl (C=O) groups is 1. The van der Waals surface area contributed by atoms with Gasteiger partial charge in [-0.1, -0.05) is 71.7 Å². The van der Waals surface area contributed by atoms with Gasteiger partial charge in [0.1, 0.15) is 0 Å². The summed E-state index contributed by atoms with van der Waals surface area (Å²) < 4.78 is 0. The number of rotatable bonds is 14. The van der Waals surface area contributed by atoms with Crippen LogP contribution in [0.3, 0.4) is 0 Å². The molecule has 4 nitrogen and oxygen atoms in total. The lowest BCUT2D eigenvalue weighted by Gasteiger charge is -2.25. The van der Waals surface area contributed by atoms with Crippen LogP contribution in [0.2, 0.25) is 0 Å². The molecule has 0 heterocycles. The van der Waals surface area contributed by atoms with E-state index in [1.165, 1.54) is 0 Å². The normalized spacial score (nSPS) is 9.30. The van der Waals surface area contributed by atoms with Crippen LogP contribution < -0.4 is 5.32 Å². The van der Waals surface area contributed by atoms with E-state index in [0.29, 0.717) is 6.54 Å². The van der Waals surface area contributed by atoms with Gasteiger partial charge in [-0.15, -0.1) is 0 Å². The van der Waals surface area contributed by atoms with Gasteiger partial charge in [0, 0.05) is 32.7 Å². The van der Waals surface area contributed by atoms with Gasteiger partial charge in [0.15, 0.2) is 0 Å². The van der Waals surface area contributed by atoms with E-state index < -0.39 is 0 Å². The average Bonchev–Trinajstić information content (AvgIpc) is 2.71. The van der Waals surface area contributed by atoms with Gasteiger partial charge in [-0.3, -0.25) is 9.69 Å². The summed E-state index contributed by atoms with van der Waals surface area (Å²) in [7, 11) is 1.79. The lowest BCUT2D eigenvalue weighted by Crippen LogP contribution is -2.39. The zero-order chi connectivity index (χ0) is 21.7. The largest absolute Gasteiger partial charge is 0.342 e. The molecule has 0 radical (unpaired) electrons. The molecule has 0 saturated heterocycles. The fraction of sp³-hybridized carbons (Fsp3) is 0.609. The first kappa shape index (κ1) is 30.1. The Morgan fingerprint density at radius 3 is 1.96 bits per heavy atom. The molecule has 0 spiro atoms. The van der Waals surface area contributed by atoms with Crippen LogP contribution in [0.25, 0.3) is 0 Å². The lowest BCUT2D eigenvalue weighted by atomic mass is 10.2. The van der Waals surface area contributed by atoms with Crippen molar-refractivity contribution in [2.75, 3.05) is 46.3 Å². The highest BCUT2D eigenvalue weighted by Gasteiger charge is 2.11. The lowest BCUT2D eigenvalue weighted by molar-refractivity contribution is -0.130. The fourth-order valence-corrected chi connectivity index (χ4v) is 2.23. The van der Waals surface area contributed by atoms with Crippen molar-refractivity contribution in [2.24, 2.45) is 0 Å². The van der Waals surface area contributed by atoms with Gasteiger partial charge in [0.25, 0.3) is 0 Å². The third-order valence-corrected chi connectivity index (χ3v) is 3.72. The Bertz CT molecular complexity index is 416. The number of allylic oxidation sites excluding steroid dienone is 1. The van der Waals surface area contributed by atoms with E-state index in [9.17, 15) is 4.79 Å². The molecule has 0 aliphatic carbocycles. The van der Waals surface area contributed by atoms with Crippen LogP contribution in [-0.4, -0.2) is 62.0 Å². The monoisotopic (exact) mass is 379 g/mol. The van der Waals surface area contributed by atoms with Crippen molar-refractivity contribution >= 4 is 5.91 Å². The molecule has 1 amide bonds. The zero-order valence-electron chi connectivity index (χ0n) is 18.9. The van der Waals surface area contributed by atoms with Gasteiger partial charge in [0.05, 0.1) is 6.54 Å². The Labute approximate surface area is 169 Å². The van der Waals surface area contributed by atoms with Crippen LogP contribution in [0.5, 0.6) is 0 Å². The average molecular weight is 380 g/mol. The molecule has 0 fully saturated rings. The molecule has 1 N–H and O–H groups in total. The quantitative estimate of drug-likeness (QED) is 0.445. The van der Waals surface area contributed by atoms with Crippen molar-refractivity contribution in [3.8, 4) is 0 Å². The molecule has 0 aliphatic heterocycles. The molecule has 158 valence electrons. The van der Waals surface area contributed by atoms with E-state index in [4.69, 9.17) is 0 Å². The maximum Gasteiger partial charge on any atom is 0.236 e. The Kier molecular flexibility index (Phi) is 25.0. The number of likely N-dealkylation sites (N-methyl/N-ethyl adjacent to an activating group) is 2. The predicted molar refractivity (Wildman–Crippen MR) is 123 cm³/mol. The Morgan fingerprint density at radius 1 is 0.963 bits per heavy atom. The second-order valence-electron chi connectivity index (χ2n) is 5.61. The third-order valence-electron chi connectivity index (χ3n) is 3.72. The minimum Gasteiger partial charge on any atom is -0.342 e. The molecular formula is C23H45N3O. The fourth-order valence-electron chi connectivity index (χ4n) is 2.23. The number of nitrogens with zero attached hydrogens (tertiary/aromatic N) is 2. The standard InChI is InChI=1S/C19H33N3O.2C2H6/c1-7-17(4)11-14-21(16-18(5)8-2)12-10-13-22(9-3)19(23)15-20-6;2*1-2/h7-8,20H,1-2,4-5,9-16H2,3,6H3;2*1-2H3. The molecule has 0 aromatic carbocycles. The van der Waals surface area contributed by atoms with Gasteiger partial charge in [0.2, 0.25) is 5.91 Å². The van der Waals surface area contributed by atoms with Gasteiger partial charge in [-0.25, -0.2) is 0 Å². The van der Waals surface area contributed by atoms with Gasteiger partial charge < -0.3 is 10.2 Å². The number of hydrogen-bond donors (Lipinski definition) is 1.